The second-order valence-corrected chi connectivity index (χ2v) is 5.03. The summed E-state index contributed by atoms with van der Waals surface area (Å²) in [6.45, 7) is 3.73. The molecule has 0 saturated heterocycles. The van der Waals surface area contributed by atoms with Gasteiger partial charge in [-0.1, -0.05) is 17.7 Å². The van der Waals surface area contributed by atoms with Gasteiger partial charge in [-0.15, -0.1) is 0 Å². The number of nitrogens with zero attached hydrogens (tertiary/aromatic N) is 2. The third kappa shape index (κ3) is 2.31. The Hall–Kier alpha value is -1.42. The van der Waals surface area contributed by atoms with Gasteiger partial charge in [-0.25, -0.2) is 9.40 Å². The van der Waals surface area contributed by atoms with Crippen LogP contribution in [0.15, 0.2) is 29.4 Å². The summed E-state index contributed by atoms with van der Waals surface area (Å²) in [5.74, 6) is -0.784. The molecule has 1 aromatic carbocycles. The van der Waals surface area contributed by atoms with Gasteiger partial charge in [-0.05, 0) is 32.0 Å². The molecule has 2 rings (SSSR count). The van der Waals surface area contributed by atoms with Crippen molar-refractivity contribution in [3.05, 3.63) is 35.6 Å². The highest BCUT2D eigenvalue weighted by atomic mass is 35.5. The zero-order valence-electron chi connectivity index (χ0n) is 9.58. The Balaban J connectivity index is 2.32. The number of hydrazone groups is 1. The quantitative estimate of drug-likeness (QED) is 0.758. The van der Waals surface area contributed by atoms with E-state index in [4.69, 9.17) is 11.6 Å². The van der Waals surface area contributed by atoms with Crippen molar-refractivity contribution in [3.63, 3.8) is 0 Å². The highest BCUT2D eigenvalue weighted by Gasteiger charge is 2.38. The van der Waals surface area contributed by atoms with Gasteiger partial charge in [0.05, 0.1) is 5.54 Å². The molecular weight excluding hydrogens is 243 g/mol. The van der Waals surface area contributed by atoms with Gasteiger partial charge in [0.15, 0.2) is 0 Å². The fourth-order valence-electron chi connectivity index (χ4n) is 1.78. The van der Waals surface area contributed by atoms with Gasteiger partial charge in [-0.3, -0.25) is 4.79 Å². The smallest absolute Gasteiger partial charge is 0.267 e. The minimum atomic E-state index is -0.472. The van der Waals surface area contributed by atoms with E-state index in [2.05, 4.69) is 5.10 Å². The number of hydrogen-bond donors (Lipinski definition) is 0. The Morgan fingerprint density at radius 1 is 1.53 bits per heavy atom. The van der Waals surface area contributed by atoms with E-state index < -0.39 is 11.4 Å². The zero-order chi connectivity index (χ0) is 12.6. The zero-order valence-corrected chi connectivity index (χ0v) is 10.3. The Labute approximate surface area is 104 Å². The molecule has 0 unspecified atom stereocenters. The Morgan fingerprint density at radius 2 is 2.24 bits per heavy atom. The molecule has 1 aromatic rings. The third-order valence-electron chi connectivity index (χ3n) is 2.62. The molecule has 0 spiro atoms. The normalized spacial score (nSPS) is 18.1. The van der Waals surface area contributed by atoms with Crippen LogP contribution in [0.4, 0.5) is 4.39 Å². The van der Waals surface area contributed by atoms with Crippen LogP contribution in [0.2, 0.25) is 0 Å². The summed E-state index contributed by atoms with van der Waals surface area (Å²) in [4.78, 5) is 12.2. The maximum Gasteiger partial charge on any atom is 0.274 e. The molecule has 90 valence electrons. The molecule has 5 heteroatoms. The minimum absolute atomic E-state index is 0.271. The Kier molecular flexibility index (Phi) is 2.91. The largest absolute Gasteiger partial charge is 0.274 e. The highest BCUT2D eigenvalue weighted by Crippen LogP contribution is 2.29. The van der Waals surface area contributed by atoms with E-state index in [9.17, 15) is 9.18 Å². The lowest BCUT2D eigenvalue weighted by Gasteiger charge is -2.28. The molecule has 1 amide bonds. The number of amides is 1. The van der Waals surface area contributed by atoms with Gasteiger partial charge in [0, 0.05) is 12.0 Å². The second-order valence-electron chi connectivity index (χ2n) is 4.59. The van der Waals surface area contributed by atoms with Crippen LogP contribution in [0.1, 0.15) is 30.6 Å². The van der Waals surface area contributed by atoms with E-state index in [0.29, 0.717) is 11.6 Å². The lowest BCUT2D eigenvalue weighted by Crippen LogP contribution is -2.40. The van der Waals surface area contributed by atoms with E-state index in [1.165, 1.54) is 23.2 Å². The summed E-state index contributed by atoms with van der Waals surface area (Å²) in [5, 5.41) is 5.69. The van der Waals surface area contributed by atoms with Gasteiger partial charge < -0.3 is 0 Å². The standard InChI is InChI=1S/C12H12ClFN2O/c1-12(2)7-10(13)15-16(12)11(17)8-4-3-5-9(14)6-8/h3-6H,7H2,1-2H3. The molecule has 0 radical (unpaired) electrons. The van der Waals surface area contributed by atoms with Crippen LogP contribution in [0.5, 0.6) is 0 Å². The summed E-state index contributed by atoms with van der Waals surface area (Å²) < 4.78 is 13.1. The van der Waals surface area contributed by atoms with Crippen molar-refractivity contribution in [3.8, 4) is 0 Å². The molecule has 1 aliphatic heterocycles. The summed E-state index contributed by atoms with van der Waals surface area (Å²) in [5.41, 5.74) is -0.200. The molecule has 0 saturated carbocycles. The van der Waals surface area contributed by atoms with E-state index in [1.807, 2.05) is 13.8 Å². The van der Waals surface area contributed by atoms with E-state index >= 15 is 0 Å². The average molecular weight is 255 g/mol. The number of hydrogen-bond acceptors (Lipinski definition) is 2. The lowest BCUT2D eigenvalue weighted by atomic mass is 10.0. The van der Waals surface area contributed by atoms with Crippen LogP contribution in [-0.4, -0.2) is 21.6 Å². The molecule has 0 fully saturated rings. The molecule has 0 bridgehead atoms. The molecule has 1 aliphatic rings. The molecule has 0 aromatic heterocycles. The van der Waals surface area contributed by atoms with Crippen LogP contribution in [0.25, 0.3) is 0 Å². The first kappa shape index (κ1) is 12.0. The van der Waals surface area contributed by atoms with Crippen LogP contribution in [0.3, 0.4) is 0 Å². The van der Waals surface area contributed by atoms with Crippen molar-refractivity contribution in [1.82, 2.24) is 5.01 Å². The SMILES string of the molecule is CC1(C)CC(Cl)=NN1C(=O)c1cccc(F)c1. The maximum atomic E-state index is 13.1. The topological polar surface area (TPSA) is 32.7 Å². The van der Waals surface area contributed by atoms with Crippen LogP contribution in [-0.2, 0) is 0 Å². The minimum Gasteiger partial charge on any atom is -0.267 e. The van der Waals surface area contributed by atoms with Gasteiger partial charge in [0.1, 0.15) is 11.0 Å². The molecule has 0 N–H and O–H groups in total. The first-order valence-electron chi connectivity index (χ1n) is 5.23. The first-order valence-corrected chi connectivity index (χ1v) is 5.61. The molecule has 0 aliphatic carbocycles. The predicted molar refractivity (Wildman–Crippen MR) is 64.6 cm³/mol. The van der Waals surface area contributed by atoms with Crippen molar-refractivity contribution < 1.29 is 9.18 Å². The van der Waals surface area contributed by atoms with Crippen molar-refractivity contribution in [2.75, 3.05) is 0 Å². The summed E-state index contributed by atoms with van der Waals surface area (Å²) in [6, 6.07) is 5.54. The Morgan fingerprint density at radius 3 is 2.76 bits per heavy atom. The van der Waals surface area contributed by atoms with E-state index in [1.54, 1.807) is 6.07 Å². The molecule has 1 heterocycles. The lowest BCUT2D eigenvalue weighted by molar-refractivity contribution is 0.0612. The number of halogens is 2. The maximum absolute atomic E-state index is 13.1. The number of carbonyl (C=O) groups is 1. The van der Waals surface area contributed by atoms with Gasteiger partial charge in [0.25, 0.3) is 5.91 Å². The van der Waals surface area contributed by atoms with Gasteiger partial charge >= 0.3 is 0 Å². The first-order chi connectivity index (χ1) is 7.90. The number of rotatable bonds is 1. The third-order valence-corrected chi connectivity index (χ3v) is 2.83. The summed E-state index contributed by atoms with van der Waals surface area (Å²) in [6.07, 6.45) is 0.510. The van der Waals surface area contributed by atoms with Gasteiger partial charge in [0.2, 0.25) is 0 Å². The Bertz CT molecular complexity index is 499. The van der Waals surface area contributed by atoms with E-state index in [-0.39, 0.29) is 11.5 Å². The van der Waals surface area contributed by atoms with Crippen LogP contribution >= 0.6 is 11.6 Å². The number of benzene rings is 1. The fourth-order valence-corrected chi connectivity index (χ4v) is 2.18. The van der Waals surface area contributed by atoms with Crippen molar-refractivity contribution >= 4 is 22.7 Å². The summed E-state index contributed by atoms with van der Waals surface area (Å²) in [7, 11) is 0. The summed E-state index contributed by atoms with van der Waals surface area (Å²) >= 11 is 5.84. The molecule has 0 atom stereocenters. The van der Waals surface area contributed by atoms with Crippen molar-refractivity contribution in [2.24, 2.45) is 5.10 Å². The van der Waals surface area contributed by atoms with Crippen molar-refractivity contribution in [1.29, 1.82) is 0 Å². The van der Waals surface area contributed by atoms with Crippen LogP contribution < -0.4 is 0 Å². The van der Waals surface area contributed by atoms with E-state index in [0.717, 1.165) is 0 Å². The highest BCUT2D eigenvalue weighted by molar-refractivity contribution is 6.65. The molecule has 3 nitrogen and oxygen atoms in total. The predicted octanol–water partition coefficient (Wildman–Crippen LogP) is 3.00. The average Bonchev–Trinajstić information content (AvgIpc) is 2.51. The van der Waals surface area contributed by atoms with Crippen LogP contribution in [0, 0.1) is 5.82 Å². The molecule has 17 heavy (non-hydrogen) atoms. The monoisotopic (exact) mass is 254 g/mol. The fraction of sp³-hybridized carbons (Fsp3) is 0.333. The number of carbonyl (C=O) groups excluding carboxylic acids is 1. The second kappa shape index (κ2) is 4.11. The molecular formula is C12H12ClFN2O. The van der Waals surface area contributed by atoms with Gasteiger partial charge in [-0.2, -0.15) is 5.10 Å². The van der Waals surface area contributed by atoms with Crippen molar-refractivity contribution in [2.45, 2.75) is 25.8 Å².